The smallest absolute Gasteiger partial charge is 0.000554 e. The molecule has 1 saturated heterocycles. The summed E-state index contributed by atoms with van der Waals surface area (Å²) in [6, 6.07) is 6.92. The molecule has 1 heterocycles. The molecule has 2 heteroatoms. The van der Waals surface area contributed by atoms with E-state index in [2.05, 4.69) is 43.9 Å². The first-order valence-corrected chi connectivity index (χ1v) is 8.14. The zero-order valence-corrected chi connectivity index (χ0v) is 13.4. The fraction of sp³-hybridized carbons (Fsp3) is 0.667. The summed E-state index contributed by atoms with van der Waals surface area (Å²) in [7, 11) is 0. The van der Waals surface area contributed by atoms with Gasteiger partial charge in [0.25, 0.3) is 0 Å². The molecule has 1 aliphatic rings. The summed E-state index contributed by atoms with van der Waals surface area (Å²) < 4.78 is 0. The van der Waals surface area contributed by atoms with E-state index in [1.165, 1.54) is 55.6 Å². The minimum Gasteiger partial charge on any atom is -0.330 e. The number of hydrogen-bond acceptors (Lipinski definition) is 2. The summed E-state index contributed by atoms with van der Waals surface area (Å²) in [4.78, 5) is 2.60. The van der Waals surface area contributed by atoms with Crippen LogP contribution in [0.3, 0.4) is 0 Å². The fourth-order valence-corrected chi connectivity index (χ4v) is 3.72. The molecule has 2 rings (SSSR count). The van der Waals surface area contributed by atoms with Crippen LogP contribution in [-0.2, 0) is 0 Å². The van der Waals surface area contributed by atoms with E-state index in [-0.39, 0.29) is 0 Å². The lowest BCUT2D eigenvalue weighted by Crippen LogP contribution is -2.37. The molecule has 20 heavy (non-hydrogen) atoms. The lowest BCUT2D eigenvalue weighted by Gasteiger charge is -2.36. The summed E-state index contributed by atoms with van der Waals surface area (Å²) >= 11 is 0. The van der Waals surface area contributed by atoms with Gasteiger partial charge in [0.2, 0.25) is 0 Å². The summed E-state index contributed by atoms with van der Waals surface area (Å²) in [5, 5.41) is 0. The molecular formula is C18H30N2. The number of rotatable bonds is 5. The Labute approximate surface area is 124 Å². The van der Waals surface area contributed by atoms with Gasteiger partial charge in [0.05, 0.1) is 0 Å². The Kier molecular flexibility index (Phi) is 5.62. The van der Waals surface area contributed by atoms with Gasteiger partial charge in [-0.3, -0.25) is 0 Å². The van der Waals surface area contributed by atoms with E-state index >= 15 is 0 Å². The van der Waals surface area contributed by atoms with Crippen molar-refractivity contribution in [2.75, 3.05) is 26.2 Å². The van der Waals surface area contributed by atoms with Gasteiger partial charge in [0.15, 0.2) is 0 Å². The van der Waals surface area contributed by atoms with Crippen molar-refractivity contribution in [3.63, 3.8) is 0 Å². The molecule has 112 valence electrons. The van der Waals surface area contributed by atoms with Crippen molar-refractivity contribution < 1.29 is 0 Å². The van der Waals surface area contributed by atoms with E-state index in [1.54, 1.807) is 0 Å². The first-order chi connectivity index (χ1) is 9.63. The molecule has 2 nitrogen and oxygen atoms in total. The van der Waals surface area contributed by atoms with E-state index in [1.807, 2.05) is 0 Å². The van der Waals surface area contributed by atoms with Gasteiger partial charge >= 0.3 is 0 Å². The molecule has 1 unspecified atom stereocenters. The van der Waals surface area contributed by atoms with E-state index < -0.39 is 0 Å². The van der Waals surface area contributed by atoms with Crippen LogP contribution in [0, 0.1) is 19.8 Å². The number of benzene rings is 1. The van der Waals surface area contributed by atoms with Crippen LogP contribution < -0.4 is 5.73 Å². The molecule has 0 aromatic heterocycles. The first-order valence-electron chi connectivity index (χ1n) is 8.14. The van der Waals surface area contributed by atoms with Crippen LogP contribution in [0.4, 0.5) is 0 Å². The third-order valence-corrected chi connectivity index (χ3v) is 4.67. The predicted molar refractivity (Wildman–Crippen MR) is 87.2 cm³/mol. The van der Waals surface area contributed by atoms with Gasteiger partial charge in [0, 0.05) is 0 Å². The number of nitrogens with zero attached hydrogens (tertiary/aromatic N) is 1. The van der Waals surface area contributed by atoms with Gasteiger partial charge in [-0.15, -0.1) is 0 Å². The monoisotopic (exact) mass is 274 g/mol. The van der Waals surface area contributed by atoms with E-state index in [9.17, 15) is 0 Å². The lowest BCUT2D eigenvalue weighted by molar-refractivity contribution is 0.169. The highest BCUT2D eigenvalue weighted by Crippen LogP contribution is 2.33. The SMILES string of the molecule is CCCN1CCC(C(CN)c2cc(C)cc(C)c2)CC1. The molecule has 0 radical (unpaired) electrons. The predicted octanol–water partition coefficient (Wildman–Crippen LogP) is 3.47. The molecule has 0 amide bonds. The minimum absolute atomic E-state index is 0.539. The number of hydrogen-bond donors (Lipinski definition) is 1. The number of piperidine rings is 1. The molecule has 1 atom stereocenters. The van der Waals surface area contributed by atoms with Gasteiger partial charge in [-0.2, -0.15) is 0 Å². The summed E-state index contributed by atoms with van der Waals surface area (Å²) in [5.74, 6) is 1.30. The second-order valence-corrected chi connectivity index (χ2v) is 6.44. The Morgan fingerprint density at radius 1 is 1.15 bits per heavy atom. The zero-order valence-electron chi connectivity index (χ0n) is 13.4. The van der Waals surface area contributed by atoms with Gasteiger partial charge in [0.1, 0.15) is 0 Å². The molecule has 0 saturated carbocycles. The number of nitrogens with two attached hydrogens (primary N) is 1. The maximum absolute atomic E-state index is 6.12. The van der Waals surface area contributed by atoms with Crippen LogP contribution in [0.25, 0.3) is 0 Å². The van der Waals surface area contributed by atoms with Crippen molar-refractivity contribution in [1.29, 1.82) is 0 Å². The lowest BCUT2D eigenvalue weighted by atomic mass is 9.79. The molecule has 0 spiro atoms. The molecule has 2 N–H and O–H groups in total. The summed E-state index contributed by atoms with van der Waals surface area (Å²) in [5.41, 5.74) is 10.3. The highest BCUT2D eigenvalue weighted by Gasteiger charge is 2.26. The maximum Gasteiger partial charge on any atom is -0.000554 e. The van der Waals surface area contributed by atoms with Crippen LogP contribution in [0.5, 0.6) is 0 Å². The van der Waals surface area contributed by atoms with E-state index in [4.69, 9.17) is 5.73 Å². The van der Waals surface area contributed by atoms with Crippen molar-refractivity contribution >= 4 is 0 Å². The van der Waals surface area contributed by atoms with Crippen LogP contribution in [0.1, 0.15) is 48.8 Å². The van der Waals surface area contributed by atoms with Crippen LogP contribution in [-0.4, -0.2) is 31.1 Å². The molecule has 1 aromatic rings. The van der Waals surface area contributed by atoms with Crippen LogP contribution in [0.2, 0.25) is 0 Å². The Bertz CT molecular complexity index is 399. The normalized spacial score (nSPS) is 19.2. The Hall–Kier alpha value is -0.860. The van der Waals surface area contributed by atoms with Crippen molar-refractivity contribution in [2.45, 2.75) is 46.0 Å². The average Bonchev–Trinajstić information content (AvgIpc) is 2.41. The second kappa shape index (κ2) is 7.24. The van der Waals surface area contributed by atoms with Gasteiger partial charge in [-0.25, -0.2) is 0 Å². The van der Waals surface area contributed by atoms with Crippen molar-refractivity contribution in [2.24, 2.45) is 11.7 Å². The molecular weight excluding hydrogens is 244 g/mol. The average molecular weight is 274 g/mol. The van der Waals surface area contributed by atoms with Crippen LogP contribution in [0.15, 0.2) is 18.2 Å². The van der Waals surface area contributed by atoms with Crippen molar-refractivity contribution in [3.8, 4) is 0 Å². The Balaban J connectivity index is 2.05. The van der Waals surface area contributed by atoms with E-state index in [0.717, 1.165) is 12.5 Å². The Morgan fingerprint density at radius 3 is 2.25 bits per heavy atom. The molecule has 1 fully saturated rings. The first kappa shape index (κ1) is 15.5. The summed E-state index contributed by atoms with van der Waals surface area (Å²) in [6.45, 7) is 11.2. The third kappa shape index (κ3) is 3.83. The number of likely N-dealkylation sites (tertiary alicyclic amines) is 1. The quantitative estimate of drug-likeness (QED) is 0.891. The maximum atomic E-state index is 6.12. The van der Waals surface area contributed by atoms with Gasteiger partial charge in [-0.05, 0) is 76.7 Å². The number of aryl methyl sites for hydroxylation is 2. The summed E-state index contributed by atoms with van der Waals surface area (Å²) in [6.07, 6.45) is 3.87. The van der Waals surface area contributed by atoms with Gasteiger partial charge in [-0.1, -0.05) is 36.2 Å². The van der Waals surface area contributed by atoms with Gasteiger partial charge < -0.3 is 10.6 Å². The molecule has 1 aliphatic heterocycles. The Morgan fingerprint density at radius 2 is 1.75 bits per heavy atom. The van der Waals surface area contributed by atoms with Crippen molar-refractivity contribution in [1.82, 2.24) is 4.90 Å². The van der Waals surface area contributed by atoms with Crippen molar-refractivity contribution in [3.05, 3.63) is 34.9 Å². The second-order valence-electron chi connectivity index (χ2n) is 6.44. The largest absolute Gasteiger partial charge is 0.330 e. The minimum atomic E-state index is 0.539. The molecule has 0 bridgehead atoms. The fourth-order valence-electron chi connectivity index (χ4n) is 3.72. The molecule has 0 aliphatic carbocycles. The highest BCUT2D eigenvalue weighted by molar-refractivity contribution is 5.31. The third-order valence-electron chi connectivity index (χ3n) is 4.67. The van der Waals surface area contributed by atoms with Crippen LogP contribution >= 0.6 is 0 Å². The standard InChI is InChI=1S/C18H30N2/c1-4-7-20-8-5-16(6-9-20)18(13-19)17-11-14(2)10-15(3)12-17/h10-12,16,18H,4-9,13,19H2,1-3H3. The topological polar surface area (TPSA) is 29.3 Å². The van der Waals surface area contributed by atoms with E-state index in [0.29, 0.717) is 5.92 Å². The zero-order chi connectivity index (χ0) is 14.5. The highest BCUT2D eigenvalue weighted by atomic mass is 15.1. The molecule has 1 aromatic carbocycles.